The highest BCUT2D eigenvalue weighted by Crippen LogP contribution is 2.10. The van der Waals surface area contributed by atoms with Gasteiger partial charge in [-0.25, -0.2) is 0 Å². The molecule has 0 spiro atoms. The number of benzene rings is 1. The third-order valence-corrected chi connectivity index (χ3v) is 3.47. The number of carbonyl (C=O) groups is 1. The quantitative estimate of drug-likeness (QED) is 0.839. The van der Waals surface area contributed by atoms with E-state index in [1.54, 1.807) is 0 Å². The molecule has 1 amide bonds. The highest BCUT2D eigenvalue weighted by atomic mass is 32.1. The van der Waals surface area contributed by atoms with Crippen molar-refractivity contribution in [1.29, 1.82) is 0 Å². The zero-order valence-electron chi connectivity index (χ0n) is 11.1. The molecule has 2 N–H and O–H groups in total. The molecule has 1 heterocycles. The maximum absolute atomic E-state index is 12.3. The first kappa shape index (κ1) is 14.0. The van der Waals surface area contributed by atoms with Crippen LogP contribution in [-0.4, -0.2) is 53.4 Å². The van der Waals surface area contributed by atoms with Gasteiger partial charge in [-0.05, 0) is 19.1 Å². The maximum Gasteiger partial charge on any atom is 0.253 e. The molecule has 0 radical (unpaired) electrons. The molecule has 0 saturated carbocycles. The molecule has 2 rings (SSSR count). The Morgan fingerprint density at radius 2 is 1.79 bits per heavy atom. The number of aryl methyl sites for hydroxylation is 1. The average molecular weight is 277 g/mol. The van der Waals surface area contributed by atoms with E-state index < -0.39 is 0 Å². The van der Waals surface area contributed by atoms with Crippen LogP contribution in [0, 0.1) is 6.92 Å². The van der Waals surface area contributed by atoms with Crippen LogP contribution >= 0.6 is 12.2 Å². The van der Waals surface area contributed by atoms with E-state index in [9.17, 15) is 4.79 Å². The van der Waals surface area contributed by atoms with E-state index in [0.29, 0.717) is 11.5 Å². The van der Waals surface area contributed by atoms with Gasteiger partial charge in [0.2, 0.25) is 0 Å². The van der Waals surface area contributed by atoms with Crippen molar-refractivity contribution in [2.24, 2.45) is 5.73 Å². The van der Waals surface area contributed by atoms with Crippen molar-refractivity contribution in [2.45, 2.75) is 6.92 Å². The average Bonchev–Trinajstić information content (AvgIpc) is 2.39. The number of nitrogens with two attached hydrogens (primary N) is 1. The molecule has 102 valence electrons. The number of amides is 1. The number of rotatable bonds is 3. The Morgan fingerprint density at radius 3 is 2.32 bits per heavy atom. The van der Waals surface area contributed by atoms with Crippen molar-refractivity contribution >= 4 is 23.1 Å². The van der Waals surface area contributed by atoms with Gasteiger partial charge in [-0.3, -0.25) is 9.69 Å². The molecular formula is C14H19N3OS. The lowest BCUT2D eigenvalue weighted by Gasteiger charge is -2.34. The van der Waals surface area contributed by atoms with Crippen molar-refractivity contribution in [3.8, 4) is 0 Å². The summed E-state index contributed by atoms with van der Waals surface area (Å²) < 4.78 is 0. The predicted octanol–water partition coefficient (Wildman–Crippen LogP) is 1.04. The van der Waals surface area contributed by atoms with Crippen LogP contribution in [0.2, 0.25) is 0 Å². The van der Waals surface area contributed by atoms with E-state index in [2.05, 4.69) is 4.90 Å². The van der Waals surface area contributed by atoms with Crippen LogP contribution in [0.5, 0.6) is 0 Å². The molecule has 1 fully saturated rings. The molecule has 0 aliphatic carbocycles. The van der Waals surface area contributed by atoms with Gasteiger partial charge in [0.1, 0.15) is 0 Å². The topological polar surface area (TPSA) is 49.6 Å². The lowest BCUT2D eigenvalue weighted by atomic mass is 10.1. The molecule has 1 aromatic rings. The van der Waals surface area contributed by atoms with Gasteiger partial charge in [-0.2, -0.15) is 0 Å². The van der Waals surface area contributed by atoms with E-state index >= 15 is 0 Å². The van der Waals surface area contributed by atoms with E-state index in [-0.39, 0.29) is 5.91 Å². The summed E-state index contributed by atoms with van der Waals surface area (Å²) in [5.74, 6) is 0.106. The van der Waals surface area contributed by atoms with Crippen LogP contribution in [0.4, 0.5) is 0 Å². The Kier molecular flexibility index (Phi) is 4.50. The second kappa shape index (κ2) is 6.12. The van der Waals surface area contributed by atoms with Gasteiger partial charge in [0.25, 0.3) is 5.91 Å². The molecule has 19 heavy (non-hydrogen) atoms. The third kappa shape index (κ3) is 3.75. The zero-order valence-corrected chi connectivity index (χ0v) is 11.9. The Balaban J connectivity index is 1.92. The fourth-order valence-corrected chi connectivity index (χ4v) is 2.39. The van der Waals surface area contributed by atoms with Crippen LogP contribution in [-0.2, 0) is 0 Å². The summed E-state index contributed by atoms with van der Waals surface area (Å²) in [5.41, 5.74) is 7.45. The van der Waals surface area contributed by atoms with Gasteiger partial charge < -0.3 is 10.6 Å². The maximum atomic E-state index is 12.3. The number of nitrogens with zero attached hydrogens (tertiary/aromatic N) is 2. The molecule has 0 bridgehead atoms. The Hall–Kier alpha value is -1.46. The van der Waals surface area contributed by atoms with Crippen molar-refractivity contribution in [2.75, 3.05) is 32.7 Å². The Morgan fingerprint density at radius 1 is 1.21 bits per heavy atom. The molecule has 0 atom stereocenters. The van der Waals surface area contributed by atoms with E-state index in [0.717, 1.165) is 37.3 Å². The van der Waals surface area contributed by atoms with E-state index in [1.165, 1.54) is 0 Å². The van der Waals surface area contributed by atoms with Gasteiger partial charge in [-0.15, -0.1) is 0 Å². The summed E-state index contributed by atoms with van der Waals surface area (Å²) >= 11 is 4.90. The summed E-state index contributed by atoms with van der Waals surface area (Å²) in [4.78, 5) is 16.9. The number of piperazine rings is 1. The second-order valence-electron chi connectivity index (χ2n) is 4.90. The Bertz CT molecular complexity index is 464. The molecule has 0 aromatic heterocycles. The van der Waals surface area contributed by atoms with Crippen molar-refractivity contribution in [3.05, 3.63) is 35.4 Å². The lowest BCUT2D eigenvalue weighted by Crippen LogP contribution is -2.50. The first-order valence-corrected chi connectivity index (χ1v) is 6.83. The highest BCUT2D eigenvalue weighted by molar-refractivity contribution is 7.80. The van der Waals surface area contributed by atoms with Crippen LogP contribution in [0.25, 0.3) is 0 Å². The minimum Gasteiger partial charge on any atom is -0.392 e. The molecule has 4 nitrogen and oxygen atoms in total. The fraction of sp³-hybridized carbons (Fsp3) is 0.429. The van der Waals surface area contributed by atoms with Crippen LogP contribution in [0.1, 0.15) is 15.9 Å². The summed E-state index contributed by atoms with van der Waals surface area (Å²) in [6.07, 6.45) is 0. The number of hydrogen-bond acceptors (Lipinski definition) is 3. The zero-order chi connectivity index (χ0) is 13.8. The summed E-state index contributed by atoms with van der Waals surface area (Å²) in [6.45, 7) is 5.78. The van der Waals surface area contributed by atoms with Gasteiger partial charge in [0.15, 0.2) is 0 Å². The smallest absolute Gasteiger partial charge is 0.253 e. The number of thiocarbonyl (C=S) groups is 1. The molecule has 1 aliphatic heterocycles. The highest BCUT2D eigenvalue weighted by Gasteiger charge is 2.22. The van der Waals surface area contributed by atoms with Gasteiger partial charge >= 0.3 is 0 Å². The largest absolute Gasteiger partial charge is 0.392 e. The first-order chi connectivity index (χ1) is 9.06. The number of carbonyl (C=O) groups excluding carboxylic acids is 1. The SMILES string of the molecule is Cc1ccc(C(=O)N2CCN(CC(N)=S)CC2)cc1. The molecular weight excluding hydrogens is 258 g/mol. The summed E-state index contributed by atoms with van der Waals surface area (Å²) in [7, 11) is 0. The van der Waals surface area contributed by atoms with Crippen molar-refractivity contribution < 1.29 is 4.79 Å². The minimum atomic E-state index is 0.106. The normalized spacial score (nSPS) is 16.4. The van der Waals surface area contributed by atoms with Crippen molar-refractivity contribution in [3.63, 3.8) is 0 Å². The van der Waals surface area contributed by atoms with E-state index in [4.69, 9.17) is 18.0 Å². The fourth-order valence-electron chi connectivity index (χ4n) is 2.21. The lowest BCUT2D eigenvalue weighted by molar-refractivity contribution is 0.0654. The Labute approximate surface area is 119 Å². The second-order valence-corrected chi connectivity index (χ2v) is 5.43. The van der Waals surface area contributed by atoms with E-state index in [1.807, 2.05) is 36.1 Å². The van der Waals surface area contributed by atoms with Crippen LogP contribution in [0.3, 0.4) is 0 Å². The molecule has 1 aromatic carbocycles. The number of hydrogen-bond donors (Lipinski definition) is 1. The first-order valence-electron chi connectivity index (χ1n) is 6.43. The molecule has 1 aliphatic rings. The van der Waals surface area contributed by atoms with Gasteiger partial charge in [-0.1, -0.05) is 29.9 Å². The van der Waals surface area contributed by atoms with Crippen LogP contribution in [0.15, 0.2) is 24.3 Å². The molecule has 1 saturated heterocycles. The van der Waals surface area contributed by atoms with Gasteiger partial charge in [0.05, 0.1) is 4.99 Å². The van der Waals surface area contributed by atoms with Crippen LogP contribution < -0.4 is 5.73 Å². The summed E-state index contributed by atoms with van der Waals surface area (Å²) in [6, 6.07) is 7.71. The third-order valence-electron chi connectivity index (χ3n) is 3.34. The summed E-state index contributed by atoms with van der Waals surface area (Å²) in [5, 5.41) is 0. The monoisotopic (exact) mass is 277 g/mol. The predicted molar refractivity (Wildman–Crippen MR) is 80.3 cm³/mol. The van der Waals surface area contributed by atoms with Crippen molar-refractivity contribution in [1.82, 2.24) is 9.80 Å². The molecule has 5 heteroatoms. The standard InChI is InChI=1S/C14H19N3OS/c1-11-2-4-12(5-3-11)14(18)17-8-6-16(7-9-17)10-13(15)19/h2-5H,6-10H2,1H3,(H2,15,19). The minimum absolute atomic E-state index is 0.106. The molecule has 0 unspecified atom stereocenters. The van der Waals surface area contributed by atoms with Gasteiger partial charge in [0, 0.05) is 38.3 Å².